The Morgan fingerprint density at radius 1 is 1.42 bits per heavy atom. The molecule has 2 nitrogen and oxygen atoms in total. The fourth-order valence-corrected chi connectivity index (χ4v) is 2.90. The summed E-state index contributed by atoms with van der Waals surface area (Å²) >= 11 is 5.95. The fraction of sp³-hybridized carbons (Fsp3) is 0.600. The highest BCUT2D eigenvalue weighted by Gasteiger charge is 2.19. The van der Waals surface area contributed by atoms with Crippen LogP contribution in [0.3, 0.4) is 0 Å². The normalized spacial score (nSPS) is 20.7. The van der Waals surface area contributed by atoms with Gasteiger partial charge in [-0.05, 0) is 43.5 Å². The monoisotopic (exact) mass is 284 g/mol. The third-order valence-electron chi connectivity index (χ3n) is 3.45. The van der Waals surface area contributed by atoms with Gasteiger partial charge in [0.1, 0.15) is 5.82 Å². The maximum absolute atomic E-state index is 13.5. The Kier molecular flexibility index (Phi) is 5.06. The Balaban J connectivity index is 2.12. The lowest BCUT2D eigenvalue weighted by Gasteiger charge is -2.27. The maximum atomic E-state index is 13.5. The lowest BCUT2D eigenvalue weighted by molar-refractivity contribution is 0.436. The summed E-state index contributed by atoms with van der Waals surface area (Å²) in [7, 11) is 0. The van der Waals surface area contributed by atoms with E-state index in [0.717, 1.165) is 38.2 Å². The molecule has 19 heavy (non-hydrogen) atoms. The third-order valence-corrected chi connectivity index (χ3v) is 3.67. The second-order valence-corrected chi connectivity index (χ2v) is 6.14. The van der Waals surface area contributed by atoms with Gasteiger partial charge in [0.2, 0.25) is 0 Å². The van der Waals surface area contributed by atoms with Gasteiger partial charge < -0.3 is 10.2 Å². The van der Waals surface area contributed by atoms with Gasteiger partial charge in [-0.1, -0.05) is 25.4 Å². The van der Waals surface area contributed by atoms with Crippen molar-refractivity contribution in [1.82, 2.24) is 5.32 Å². The Morgan fingerprint density at radius 2 is 2.21 bits per heavy atom. The lowest BCUT2D eigenvalue weighted by Crippen LogP contribution is -2.38. The van der Waals surface area contributed by atoms with Crippen LogP contribution in [0, 0.1) is 11.7 Å². The number of nitrogens with one attached hydrogen (secondary N) is 1. The summed E-state index contributed by atoms with van der Waals surface area (Å²) in [5.74, 6) is 0.397. The molecular formula is C15H22ClFN2. The molecule has 0 radical (unpaired) electrons. The predicted molar refractivity (Wildman–Crippen MR) is 79.5 cm³/mol. The summed E-state index contributed by atoms with van der Waals surface area (Å²) in [4.78, 5) is 2.24. The van der Waals surface area contributed by atoms with E-state index in [1.165, 1.54) is 6.07 Å². The standard InChI is InChI=1S/C15H22ClFN2/c1-11(2)6-14-10-19(5-3-4-18-14)15-8-12(16)7-13(17)9-15/h7-9,11,14,18H,3-6,10H2,1-2H3. The highest BCUT2D eigenvalue weighted by atomic mass is 35.5. The van der Waals surface area contributed by atoms with E-state index in [2.05, 4.69) is 24.1 Å². The van der Waals surface area contributed by atoms with Gasteiger partial charge in [0.15, 0.2) is 0 Å². The largest absolute Gasteiger partial charge is 0.370 e. The van der Waals surface area contributed by atoms with Crippen LogP contribution in [0.1, 0.15) is 26.7 Å². The average molecular weight is 285 g/mol. The zero-order valence-corrected chi connectivity index (χ0v) is 12.4. The van der Waals surface area contributed by atoms with Crippen LogP contribution in [0.4, 0.5) is 10.1 Å². The van der Waals surface area contributed by atoms with E-state index in [1.54, 1.807) is 6.07 Å². The lowest BCUT2D eigenvalue weighted by atomic mass is 10.0. The third kappa shape index (κ3) is 4.36. The molecule has 1 N–H and O–H groups in total. The first kappa shape index (κ1) is 14.6. The average Bonchev–Trinajstić information content (AvgIpc) is 2.52. The molecule has 1 fully saturated rings. The summed E-state index contributed by atoms with van der Waals surface area (Å²) in [6.45, 7) is 7.35. The molecule has 1 aromatic carbocycles. The van der Waals surface area contributed by atoms with Gasteiger partial charge in [0.25, 0.3) is 0 Å². The van der Waals surface area contributed by atoms with Crippen molar-refractivity contribution >= 4 is 17.3 Å². The second kappa shape index (κ2) is 6.58. The number of halogens is 2. The predicted octanol–water partition coefficient (Wildman–Crippen LogP) is 3.69. The molecule has 0 bridgehead atoms. The highest BCUT2D eigenvalue weighted by molar-refractivity contribution is 6.30. The van der Waals surface area contributed by atoms with E-state index in [4.69, 9.17) is 11.6 Å². The van der Waals surface area contributed by atoms with Crippen LogP contribution in [-0.2, 0) is 0 Å². The topological polar surface area (TPSA) is 15.3 Å². The van der Waals surface area contributed by atoms with E-state index in [1.807, 2.05) is 6.07 Å². The number of hydrogen-bond acceptors (Lipinski definition) is 2. The quantitative estimate of drug-likeness (QED) is 0.911. The molecule has 1 aliphatic heterocycles. The van der Waals surface area contributed by atoms with Gasteiger partial charge in [-0.25, -0.2) is 4.39 Å². The van der Waals surface area contributed by atoms with Gasteiger partial charge >= 0.3 is 0 Å². The summed E-state index contributed by atoms with van der Waals surface area (Å²) < 4.78 is 13.5. The fourth-order valence-electron chi connectivity index (χ4n) is 2.68. The van der Waals surface area contributed by atoms with Crippen molar-refractivity contribution in [2.24, 2.45) is 5.92 Å². The van der Waals surface area contributed by atoms with E-state index in [0.29, 0.717) is 17.0 Å². The summed E-state index contributed by atoms with van der Waals surface area (Å²) in [6.07, 6.45) is 2.21. The van der Waals surface area contributed by atoms with Crippen molar-refractivity contribution in [3.8, 4) is 0 Å². The first-order chi connectivity index (χ1) is 9.04. The Labute approximate surface area is 119 Å². The number of rotatable bonds is 3. The first-order valence-electron chi connectivity index (χ1n) is 6.99. The Hall–Kier alpha value is -0.800. The molecule has 0 aromatic heterocycles. The van der Waals surface area contributed by atoms with Crippen molar-refractivity contribution in [1.29, 1.82) is 0 Å². The summed E-state index contributed by atoms with van der Waals surface area (Å²) in [5.41, 5.74) is 0.891. The highest BCUT2D eigenvalue weighted by Crippen LogP contribution is 2.23. The Morgan fingerprint density at radius 3 is 2.89 bits per heavy atom. The summed E-state index contributed by atoms with van der Waals surface area (Å²) in [6, 6.07) is 5.24. The van der Waals surface area contributed by atoms with Crippen molar-refractivity contribution in [3.63, 3.8) is 0 Å². The van der Waals surface area contributed by atoms with E-state index in [9.17, 15) is 4.39 Å². The van der Waals surface area contributed by atoms with Crippen LogP contribution in [0.25, 0.3) is 0 Å². The van der Waals surface area contributed by atoms with E-state index >= 15 is 0 Å². The molecule has 1 atom stereocenters. The van der Waals surface area contributed by atoms with Crippen LogP contribution in [-0.4, -0.2) is 25.7 Å². The Bertz CT molecular complexity index is 402. The molecular weight excluding hydrogens is 263 g/mol. The van der Waals surface area contributed by atoms with Crippen molar-refractivity contribution in [2.75, 3.05) is 24.5 Å². The zero-order chi connectivity index (χ0) is 13.8. The van der Waals surface area contributed by atoms with Gasteiger partial charge in [-0.3, -0.25) is 0 Å². The van der Waals surface area contributed by atoms with Crippen LogP contribution in [0.5, 0.6) is 0 Å². The molecule has 1 heterocycles. The molecule has 1 aliphatic rings. The van der Waals surface area contributed by atoms with Crippen LogP contribution >= 0.6 is 11.6 Å². The maximum Gasteiger partial charge on any atom is 0.126 e. The number of anilines is 1. The van der Waals surface area contributed by atoms with E-state index < -0.39 is 0 Å². The van der Waals surface area contributed by atoms with Crippen LogP contribution < -0.4 is 10.2 Å². The van der Waals surface area contributed by atoms with Gasteiger partial charge in [0, 0.05) is 29.8 Å². The summed E-state index contributed by atoms with van der Waals surface area (Å²) in [5, 5.41) is 4.04. The minimum Gasteiger partial charge on any atom is -0.370 e. The van der Waals surface area contributed by atoms with E-state index in [-0.39, 0.29) is 5.82 Å². The molecule has 106 valence electrons. The SMILES string of the molecule is CC(C)CC1CN(c2cc(F)cc(Cl)c2)CCCN1. The molecule has 1 saturated heterocycles. The first-order valence-corrected chi connectivity index (χ1v) is 7.37. The number of benzene rings is 1. The number of nitrogens with zero attached hydrogens (tertiary/aromatic N) is 1. The second-order valence-electron chi connectivity index (χ2n) is 5.71. The minimum atomic E-state index is -0.264. The van der Waals surface area contributed by atoms with Crippen LogP contribution in [0.2, 0.25) is 5.02 Å². The van der Waals surface area contributed by atoms with Crippen LogP contribution in [0.15, 0.2) is 18.2 Å². The molecule has 1 aromatic rings. The van der Waals surface area contributed by atoms with Gasteiger partial charge in [-0.15, -0.1) is 0 Å². The molecule has 0 spiro atoms. The van der Waals surface area contributed by atoms with Gasteiger partial charge in [0.05, 0.1) is 0 Å². The number of hydrogen-bond donors (Lipinski definition) is 1. The minimum absolute atomic E-state index is 0.264. The molecule has 1 unspecified atom stereocenters. The van der Waals surface area contributed by atoms with Crippen molar-refractivity contribution in [2.45, 2.75) is 32.7 Å². The van der Waals surface area contributed by atoms with Gasteiger partial charge in [-0.2, -0.15) is 0 Å². The molecule has 0 aliphatic carbocycles. The molecule has 4 heteroatoms. The molecule has 0 saturated carbocycles. The van der Waals surface area contributed by atoms with Crippen molar-refractivity contribution in [3.05, 3.63) is 29.0 Å². The van der Waals surface area contributed by atoms with Crippen molar-refractivity contribution < 1.29 is 4.39 Å². The zero-order valence-electron chi connectivity index (χ0n) is 11.6. The smallest absolute Gasteiger partial charge is 0.126 e. The molecule has 2 rings (SSSR count). The molecule has 0 amide bonds.